The van der Waals surface area contributed by atoms with E-state index in [1.165, 1.54) is 12.4 Å². The molecule has 3 N–H and O–H groups in total. The summed E-state index contributed by atoms with van der Waals surface area (Å²) in [6.45, 7) is 2.69. The molecule has 0 aliphatic heterocycles. The smallest absolute Gasteiger partial charge is 0.276 e. The molecule has 0 fully saturated rings. The van der Waals surface area contributed by atoms with Gasteiger partial charge in [-0.25, -0.2) is 4.98 Å². The fourth-order valence-corrected chi connectivity index (χ4v) is 2.54. The van der Waals surface area contributed by atoms with Crippen LogP contribution in [0.25, 0.3) is 0 Å². The van der Waals surface area contributed by atoms with E-state index in [4.69, 9.17) is 23.2 Å². The Balaban J connectivity index is 1.98. The number of anilines is 1. The van der Waals surface area contributed by atoms with Crippen molar-refractivity contribution in [2.45, 2.75) is 32.6 Å². The van der Waals surface area contributed by atoms with E-state index in [0.29, 0.717) is 22.3 Å². The molecule has 0 bridgehead atoms. The van der Waals surface area contributed by atoms with Crippen LogP contribution in [-0.2, 0) is 0 Å². The van der Waals surface area contributed by atoms with Crippen LogP contribution in [0.4, 0.5) is 5.69 Å². The van der Waals surface area contributed by atoms with Gasteiger partial charge in [0.25, 0.3) is 11.8 Å². The number of halogens is 2. The van der Waals surface area contributed by atoms with E-state index in [9.17, 15) is 9.59 Å². The Morgan fingerprint density at radius 1 is 1.12 bits per heavy atom. The van der Waals surface area contributed by atoms with Gasteiger partial charge < -0.3 is 15.6 Å². The highest BCUT2D eigenvalue weighted by Gasteiger charge is 2.20. The number of aromatic nitrogens is 2. The maximum atomic E-state index is 12.4. The average Bonchev–Trinajstić information content (AvgIpc) is 3.08. The third-order valence-electron chi connectivity index (χ3n) is 3.57. The molecule has 0 unspecified atom stereocenters. The number of imidazole rings is 1. The molecule has 0 aliphatic rings. The van der Waals surface area contributed by atoms with Gasteiger partial charge in [0.2, 0.25) is 0 Å². The zero-order valence-corrected chi connectivity index (χ0v) is 15.4. The number of H-pyrrole nitrogens is 1. The summed E-state index contributed by atoms with van der Waals surface area (Å²) in [4.78, 5) is 31.2. The van der Waals surface area contributed by atoms with Gasteiger partial charge in [0.15, 0.2) is 5.69 Å². The number of nitrogens with one attached hydrogen (secondary N) is 3. The first-order valence-corrected chi connectivity index (χ1v) is 8.86. The van der Waals surface area contributed by atoms with E-state index in [0.717, 1.165) is 25.7 Å². The van der Waals surface area contributed by atoms with Crippen LogP contribution in [-0.4, -0.2) is 28.3 Å². The number of unbranched alkanes of at least 4 members (excludes halogenated alkanes) is 3. The largest absolute Gasteiger partial charge is 0.351 e. The SMILES string of the molecule is CCCCCCNC(=O)c1[nH]cnc1C(=O)Nc1ccc(Cl)c(Cl)c1. The van der Waals surface area contributed by atoms with Gasteiger partial charge in [-0.05, 0) is 24.6 Å². The van der Waals surface area contributed by atoms with Crippen LogP contribution in [0.5, 0.6) is 0 Å². The number of rotatable bonds is 8. The van der Waals surface area contributed by atoms with Crippen molar-refractivity contribution in [2.75, 3.05) is 11.9 Å². The molecule has 134 valence electrons. The first-order valence-electron chi connectivity index (χ1n) is 8.11. The predicted octanol–water partition coefficient (Wildman–Crippen LogP) is 4.28. The lowest BCUT2D eigenvalue weighted by atomic mass is 10.2. The molecular weight excluding hydrogens is 363 g/mol. The number of hydrogen-bond acceptors (Lipinski definition) is 3. The second-order valence-corrected chi connectivity index (χ2v) is 6.34. The minimum Gasteiger partial charge on any atom is -0.351 e. The van der Waals surface area contributed by atoms with Gasteiger partial charge in [-0.2, -0.15) is 0 Å². The molecule has 2 rings (SSSR count). The molecule has 6 nitrogen and oxygen atoms in total. The Morgan fingerprint density at radius 3 is 2.64 bits per heavy atom. The van der Waals surface area contributed by atoms with Crippen molar-refractivity contribution >= 4 is 40.7 Å². The molecule has 0 aliphatic carbocycles. The molecule has 8 heteroatoms. The molecule has 0 atom stereocenters. The number of carbonyl (C=O) groups excluding carboxylic acids is 2. The molecule has 1 aromatic heterocycles. The zero-order valence-electron chi connectivity index (χ0n) is 13.9. The van der Waals surface area contributed by atoms with E-state index < -0.39 is 5.91 Å². The summed E-state index contributed by atoms with van der Waals surface area (Å²) in [5.74, 6) is -0.857. The molecular formula is C17H20Cl2N4O2. The lowest BCUT2D eigenvalue weighted by Crippen LogP contribution is -2.27. The summed E-state index contributed by atoms with van der Waals surface area (Å²) < 4.78 is 0. The highest BCUT2D eigenvalue weighted by atomic mass is 35.5. The molecule has 0 radical (unpaired) electrons. The first-order chi connectivity index (χ1) is 12.0. The summed E-state index contributed by atoms with van der Waals surface area (Å²) in [6, 6.07) is 4.72. The van der Waals surface area contributed by atoms with Gasteiger partial charge in [0, 0.05) is 12.2 Å². The third kappa shape index (κ3) is 5.47. The van der Waals surface area contributed by atoms with Crippen LogP contribution in [0.15, 0.2) is 24.5 Å². The molecule has 0 spiro atoms. The third-order valence-corrected chi connectivity index (χ3v) is 4.31. The predicted molar refractivity (Wildman–Crippen MR) is 99.5 cm³/mol. The fraction of sp³-hybridized carbons (Fsp3) is 0.353. The summed E-state index contributed by atoms with van der Waals surface area (Å²) in [5, 5.41) is 6.15. The summed E-state index contributed by atoms with van der Waals surface area (Å²) >= 11 is 11.8. The first kappa shape index (κ1) is 19.3. The van der Waals surface area contributed by atoms with E-state index in [2.05, 4.69) is 27.5 Å². The van der Waals surface area contributed by atoms with Crippen molar-refractivity contribution in [1.82, 2.24) is 15.3 Å². The number of amides is 2. The minimum atomic E-state index is -0.504. The maximum Gasteiger partial charge on any atom is 0.276 e. The quantitative estimate of drug-likeness (QED) is 0.595. The monoisotopic (exact) mass is 382 g/mol. The number of benzene rings is 1. The maximum absolute atomic E-state index is 12.4. The average molecular weight is 383 g/mol. The van der Waals surface area contributed by atoms with Crippen LogP contribution in [0.2, 0.25) is 10.0 Å². The van der Waals surface area contributed by atoms with Gasteiger partial charge in [-0.3, -0.25) is 9.59 Å². The van der Waals surface area contributed by atoms with E-state index in [1.54, 1.807) is 12.1 Å². The molecule has 0 saturated carbocycles. The Kier molecular flexibility index (Phi) is 7.28. The normalized spacial score (nSPS) is 10.5. The van der Waals surface area contributed by atoms with Crippen LogP contribution in [0, 0.1) is 0 Å². The van der Waals surface area contributed by atoms with Gasteiger partial charge in [-0.1, -0.05) is 49.4 Å². The Hall–Kier alpha value is -2.05. The van der Waals surface area contributed by atoms with Gasteiger partial charge in [-0.15, -0.1) is 0 Å². The lowest BCUT2D eigenvalue weighted by Gasteiger charge is -2.07. The highest BCUT2D eigenvalue weighted by Crippen LogP contribution is 2.25. The molecule has 1 heterocycles. The second kappa shape index (κ2) is 9.44. The molecule has 25 heavy (non-hydrogen) atoms. The van der Waals surface area contributed by atoms with Crippen molar-refractivity contribution in [1.29, 1.82) is 0 Å². The van der Waals surface area contributed by atoms with E-state index in [1.807, 2.05) is 0 Å². The lowest BCUT2D eigenvalue weighted by molar-refractivity contribution is 0.0934. The summed E-state index contributed by atoms with van der Waals surface area (Å²) in [5.41, 5.74) is 0.624. The molecule has 2 amide bonds. The van der Waals surface area contributed by atoms with Crippen LogP contribution in [0.3, 0.4) is 0 Å². The second-order valence-electron chi connectivity index (χ2n) is 5.53. The summed E-state index contributed by atoms with van der Waals surface area (Å²) in [7, 11) is 0. The zero-order chi connectivity index (χ0) is 18.2. The van der Waals surface area contributed by atoms with Gasteiger partial charge in [0.1, 0.15) is 5.69 Å². The number of aromatic amines is 1. The van der Waals surface area contributed by atoms with Crippen molar-refractivity contribution in [3.05, 3.63) is 46.0 Å². The number of hydrogen-bond donors (Lipinski definition) is 3. The van der Waals surface area contributed by atoms with E-state index >= 15 is 0 Å². The molecule has 1 aromatic carbocycles. The highest BCUT2D eigenvalue weighted by molar-refractivity contribution is 6.42. The van der Waals surface area contributed by atoms with Gasteiger partial charge in [0.05, 0.1) is 16.4 Å². The summed E-state index contributed by atoms with van der Waals surface area (Å²) in [6.07, 6.45) is 5.55. The van der Waals surface area contributed by atoms with Gasteiger partial charge >= 0.3 is 0 Å². The topological polar surface area (TPSA) is 86.9 Å². The Bertz CT molecular complexity index is 746. The number of nitrogens with zero attached hydrogens (tertiary/aromatic N) is 1. The van der Waals surface area contributed by atoms with Crippen molar-refractivity contribution < 1.29 is 9.59 Å². The molecule has 0 saturated heterocycles. The van der Waals surface area contributed by atoms with Crippen molar-refractivity contribution in [3.63, 3.8) is 0 Å². The van der Waals surface area contributed by atoms with Crippen molar-refractivity contribution in [2.24, 2.45) is 0 Å². The minimum absolute atomic E-state index is 0.0251. The Morgan fingerprint density at radius 2 is 1.92 bits per heavy atom. The van der Waals surface area contributed by atoms with Crippen molar-refractivity contribution in [3.8, 4) is 0 Å². The van der Waals surface area contributed by atoms with Crippen LogP contribution in [0.1, 0.15) is 53.6 Å². The Labute approximate surface area is 156 Å². The standard InChI is InChI=1S/C17H20Cl2N4O2/c1-2-3-4-5-8-20-16(24)14-15(22-10-21-14)17(25)23-11-6-7-12(18)13(19)9-11/h6-7,9-10H,2-5,8H2,1H3,(H,20,24)(H,21,22)(H,23,25). The number of carbonyl (C=O) groups is 2. The van der Waals surface area contributed by atoms with E-state index in [-0.39, 0.29) is 17.3 Å². The van der Waals surface area contributed by atoms with Crippen LogP contribution >= 0.6 is 23.2 Å². The fourth-order valence-electron chi connectivity index (χ4n) is 2.25. The molecule has 2 aromatic rings. The van der Waals surface area contributed by atoms with Crippen LogP contribution < -0.4 is 10.6 Å².